The average molecular weight is 302 g/mol. The van der Waals surface area contributed by atoms with Crippen molar-refractivity contribution in [3.8, 4) is 0 Å². The number of carbonyl (C=O) groups is 2. The number of hydrogen-bond acceptors (Lipinski definition) is 2. The smallest absolute Gasteiger partial charge is 0.251 e. The first-order valence-corrected chi connectivity index (χ1v) is 8.25. The highest BCUT2D eigenvalue weighted by atomic mass is 16.2. The van der Waals surface area contributed by atoms with Crippen LogP contribution in [-0.4, -0.2) is 24.4 Å². The van der Waals surface area contributed by atoms with Crippen LogP contribution in [0.15, 0.2) is 24.3 Å². The van der Waals surface area contributed by atoms with Crippen molar-refractivity contribution >= 4 is 11.8 Å². The zero-order valence-corrected chi connectivity index (χ0v) is 13.5. The predicted molar refractivity (Wildman–Crippen MR) is 88.0 cm³/mol. The molecule has 4 heteroatoms. The van der Waals surface area contributed by atoms with Gasteiger partial charge in [0, 0.05) is 23.7 Å². The number of hydrogen-bond donors (Lipinski definition) is 2. The summed E-state index contributed by atoms with van der Waals surface area (Å²) in [5.74, 6) is 0.202. The van der Waals surface area contributed by atoms with Crippen molar-refractivity contribution in [2.75, 3.05) is 6.54 Å². The largest absolute Gasteiger partial charge is 0.352 e. The van der Waals surface area contributed by atoms with E-state index in [1.54, 1.807) is 24.3 Å². The molecule has 4 nitrogen and oxygen atoms in total. The van der Waals surface area contributed by atoms with Gasteiger partial charge in [0.1, 0.15) is 0 Å². The number of rotatable bonds is 5. The lowest BCUT2D eigenvalue weighted by molar-refractivity contribution is 0.0927. The Hall–Kier alpha value is -1.84. The monoisotopic (exact) mass is 302 g/mol. The first-order valence-electron chi connectivity index (χ1n) is 8.25. The molecule has 0 saturated heterocycles. The van der Waals surface area contributed by atoms with E-state index in [2.05, 4.69) is 10.6 Å². The summed E-state index contributed by atoms with van der Waals surface area (Å²) in [6.45, 7) is 4.74. The van der Waals surface area contributed by atoms with Gasteiger partial charge in [0.15, 0.2) is 0 Å². The van der Waals surface area contributed by atoms with E-state index in [0.29, 0.717) is 23.6 Å². The number of benzene rings is 1. The second kappa shape index (κ2) is 7.97. The van der Waals surface area contributed by atoms with Gasteiger partial charge in [-0.05, 0) is 37.0 Å². The predicted octanol–water partition coefficient (Wildman–Crippen LogP) is 3.13. The quantitative estimate of drug-likeness (QED) is 0.878. The summed E-state index contributed by atoms with van der Waals surface area (Å²) in [6, 6.07) is 7.22. The van der Waals surface area contributed by atoms with E-state index in [1.165, 1.54) is 19.3 Å². The fourth-order valence-corrected chi connectivity index (χ4v) is 2.72. The van der Waals surface area contributed by atoms with E-state index in [1.807, 2.05) is 13.8 Å². The van der Waals surface area contributed by atoms with E-state index in [9.17, 15) is 9.59 Å². The zero-order valence-electron chi connectivity index (χ0n) is 13.5. The molecule has 120 valence electrons. The molecule has 2 amide bonds. The summed E-state index contributed by atoms with van der Waals surface area (Å²) < 4.78 is 0. The van der Waals surface area contributed by atoms with Crippen LogP contribution in [-0.2, 0) is 0 Å². The van der Waals surface area contributed by atoms with E-state index in [4.69, 9.17) is 0 Å². The van der Waals surface area contributed by atoms with Crippen molar-refractivity contribution in [3.63, 3.8) is 0 Å². The van der Waals surface area contributed by atoms with Gasteiger partial charge in [-0.2, -0.15) is 0 Å². The molecule has 0 aromatic heterocycles. The van der Waals surface area contributed by atoms with Crippen molar-refractivity contribution in [1.82, 2.24) is 10.6 Å². The van der Waals surface area contributed by atoms with Gasteiger partial charge in [0.2, 0.25) is 0 Å². The molecule has 22 heavy (non-hydrogen) atoms. The Kier molecular flexibility index (Phi) is 5.99. The molecule has 1 aromatic rings. The molecule has 0 bridgehead atoms. The molecule has 1 aromatic carbocycles. The third-order valence-corrected chi connectivity index (χ3v) is 4.00. The van der Waals surface area contributed by atoms with Crippen LogP contribution < -0.4 is 10.6 Å². The Bertz CT molecular complexity index is 520. The third-order valence-electron chi connectivity index (χ3n) is 4.00. The van der Waals surface area contributed by atoms with Crippen LogP contribution in [0, 0.1) is 5.92 Å². The molecule has 0 unspecified atom stereocenters. The van der Waals surface area contributed by atoms with Crippen molar-refractivity contribution in [2.24, 2.45) is 5.92 Å². The molecular formula is C18H26N2O2. The molecule has 1 aliphatic carbocycles. The number of amides is 2. The maximum Gasteiger partial charge on any atom is 0.251 e. The van der Waals surface area contributed by atoms with Gasteiger partial charge in [0.25, 0.3) is 11.8 Å². The molecule has 0 spiro atoms. The lowest BCUT2D eigenvalue weighted by atomic mass is 9.95. The van der Waals surface area contributed by atoms with Crippen molar-refractivity contribution in [2.45, 2.75) is 52.0 Å². The van der Waals surface area contributed by atoms with E-state index < -0.39 is 0 Å². The van der Waals surface area contributed by atoms with Gasteiger partial charge < -0.3 is 10.6 Å². The number of nitrogens with one attached hydrogen (secondary N) is 2. The SMILES string of the molecule is CC(C)CNC(=O)c1cccc(C(=O)NC2CCCCC2)c1. The van der Waals surface area contributed by atoms with Gasteiger partial charge in [-0.3, -0.25) is 9.59 Å². The molecule has 0 heterocycles. The van der Waals surface area contributed by atoms with Crippen LogP contribution in [0.2, 0.25) is 0 Å². The fourth-order valence-electron chi connectivity index (χ4n) is 2.72. The summed E-state index contributed by atoms with van der Waals surface area (Å²) in [7, 11) is 0. The first-order chi connectivity index (χ1) is 10.6. The molecule has 0 atom stereocenters. The van der Waals surface area contributed by atoms with E-state index >= 15 is 0 Å². The molecule has 0 radical (unpaired) electrons. The molecule has 2 rings (SSSR count). The minimum absolute atomic E-state index is 0.0783. The highest BCUT2D eigenvalue weighted by Gasteiger charge is 2.17. The zero-order chi connectivity index (χ0) is 15.9. The Morgan fingerprint density at radius 2 is 1.73 bits per heavy atom. The minimum Gasteiger partial charge on any atom is -0.352 e. The highest BCUT2D eigenvalue weighted by molar-refractivity contribution is 5.99. The number of carbonyl (C=O) groups excluding carboxylic acids is 2. The summed E-state index contributed by atoms with van der Waals surface area (Å²) in [4.78, 5) is 24.4. The lowest BCUT2D eigenvalue weighted by Gasteiger charge is -2.22. The van der Waals surface area contributed by atoms with Gasteiger partial charge in [0.05, 0.1) is 0 Å². The third kappa shape index (κ3) is 4.86. The Labute approximate surface area is 132 Å². The molecule has 0 aliphatic heterocycles. The maximum absolute atomic E-state index is 12.3. The van der Waals surface area contributed by atoms with E-state index in [0.717, 1.165) is 12.8 Å². The Balaban J connectivity index is 1.97. The second-order valence-electron chi connectivity index (χ2n) is 6.49. The normalized spacial score (nSPS) is 15.6. The maximum atomic E-state index is 12.3. The molecule has 1 aliphatic rings. The van der Waals surface area contributed by atoms with Crippen LogP contribution in [0.25, 0.3) is 0 Å². The molecular weight excluding hydrogens is 276 g/mol. The van der Waals surface area contributed by atoms with Crippen molar-refractivity contribution in [1.29, 1.82) is 0 Å². The summed E-state index contributed by atoms with van der Waals surface area (Å²) >= 11 is 0. The van der Waals surface area contributed by atoms with Crippen molar-refractivity contribution < 1.29 is 9.59 Å². The minimum atomic E-state index is -0.124. The summed E-state index contributed by atoms with van der Waals surface area (Å²) in [6.07, 6.45) is 5.74. The van der Waals surface area contributed by atoms with Crippen LogP contribution in [0.4, 0.5) is 0 Å². The Morgan fingerprint density at radius 3 is 2.36 bits per heavy atom. The highest BCUT2D eigenvalue weighted by Crippen LogP contribution is 2.18. The van der Waals surface area contributed by atoms with Gasteiger partial charge in [-0.15, -0.1) is 0 Å². The second-order valence-corrected chi connectivity index (χ2v) is 6.49. The van der Waals surface area contributed by atoms with Crippen molar-refractivity contribution in [3.05, 3.63) is 35.4 Å². The Morgan fingerprint density at radius 1 is 1.09 bits per heavy atom. The lowest BCUT2D eigenvalue weighted by Crippen LogP contribution is -2.36. The molecule has 1 fully saturated rings. The van der Waals surface area contributed by atoms with Gasteiger partial charge in [-0.25, -0.2) is 0 Å². The standard InChI is InChI=1S/C18H26N2O2/c1-13(2)12-19-17(21)14-7-6-8-15(11-14)18(22)20-16-9-4-3-5-10-16/h6-8,11,13,16H,3-5,9-10,12H2,1-2H3,(H,19,21)(H,20,22). The van der Waals surface area contributed by atoms with Gasteiger partial charge in [-0.1, -0.05) is 39.2 Å². The first kappa shape index (κ1) is 16.5. The average Bonchev–Trinajstić information content (AvgIpc) is 2.53. The van der Waals surface area contributed by atoms with Gasteiger partial charge >= 0.3 is 0 Å². The van der Waals surface area contributed by atoms with Crippen LogP contribution >= 0.6 is 0 Å². The fraction of sp³-hybridized carbons (Fsp3) is 0.556. The molecule has 2 N–H and O–H groups in total. The topological polar surface area (TPSA) is 58.2 Å². The summed E-state index contributed by atoms with van der Waals surface area (Å²) in [5, 5.41) is 5.96. The van der Waals surface area contributed by atoms with Crippen LogP contribution in [0.1, 0.15) is 66.7 Å². The van der Waals surface area contributed by atoms with Crippen LogP contribution in [0.5, 0.6) is 0 Å². The van der Waals surface area contributed by atoms with E-state index in [-0.39, 0.29) is 17.9 Å². The van der Waals surface area contributed by atoms with Crippen LogP contribution in [0.3, 0.4) is 0 Å². The summed E-state index contributed by atoms with van der Waals surface area (Å²) in [5.41, 5.74) is 1.10. The molecule has 1 saturated carbocycles.